The quantitative estimate of drug-likeness (QED) is 0.400. The van der Waals surface area contributed by atoms with E-state index in [1.165, 1.54) is 4.57 Å². The third-order valence-electron chi connectivity index (χ3n) is 5.94. The summed E-state index contributed by atoms with van der Waals surface area (Å²) in [5.74, 6) is 0.250. The summed E-state index contributed by atoms with van der Waals surface area (Å²) in [7, 11) is 0. The molecule has 7 nitrogen and oxygen atoms in total. The monoisotopic (exact) mass is 453 g/mol. The number of rotatable bonds is 7. The van der Waals surface area contributed by atoms with Gasteiger partial charge in [0.2, 0.25) is 0 Å². The van der Waals surface area contributed by atoms with Crippen LogP contribution in [-0.4, -0.2) is 23.9 Å². The van der Waals surface area contributed by atoms with E-state index in [2.05, 4.69) is 23.9 Å². The molecular weight excluding hydrogens is 426 g/mol. The highest BCUT2D eigenvalue weighted by atomic mass is 16.2. The molecule has 0 saturated carbocycles. The summed E-state index contributed by atoms with van der Waals surface area (Å²) < 4.78 is 4.86. The van der Waals surface area contributed by atoms with Gasteiger partial charge in [0.05, 0.1) is 23.1 Å². The van der Waals surface area contributed by atoms with E-state index >= 15 is 0 Å². The van der Waals surface area contributed by atoms with Crippen molar-refractivity contribution in [2.75, 3.05) is 0 Å². The van der Waals surface area contributed by atoms with Crippen molar-refractivity contribution in [3.8, 4) is 16.9 Å². The van der Waals surface area contributed by atoms with Crippen molar-refractivity contribution in [2.45, 2.75) is 33.4 Å². The normalized spacial score (nSPS) is 11.5. The van der Waals surface area contributed by atoms with Gasteiger partial charge in [-0.1, -0.05) is 62.4 Å². The Bertz CT molecular complexity index is 1540. The van der Waals surface area contributed by atoms with E-state index in [1.54, 1.807) is 15.4 Å². The number of nitrogens with one attached hydrogen (secondary N) is 1. The molecule has 2 aromatic carbocycles. The average Bonchev–Trinajstić information content (AvgIpc) is 3.51. The first-order valence-electron chi connectivity index (χ1n) is 11.5. The lowest BCUT2D eigenvalue weighted by Gasteiger charge is -2.13. The Morgan fingerprint density at radius 3 is 2.35 bits per heavy atom. The van der Waals surface area contributed by atoms with E-state index in [0.29, 0.717) is 30.5 Å². The molecule has 7 heteroatoms. The van der Waals surface area contributed by atoms with Gasteiger partial charge in [-0.25, -0.2) is 9.48 Å². The van der Waals surface area contributed by atoms with E-state index < -0.39 is 0 Å². The molecule has 0 spiro atoms. The number of hydrogen-bond donors (Lipinski definition) is 1. The summed E-state index contributed by atoms with van der Waals surface area (Å²) in [5.41, 5.74) is 4.14. The van der Waals surface area contributed by atoms with E-state index in [-0.39, 0.29) is 17.2 Å². The molecule has 0 aliphatic carbocycles. The zero-order chi connectivity index (χ0) is 23.7. The van der Waals surface area contributed by atoms with Crippen molar-refractivity contribution in [3.05, 3.63) is 106 Å². The van der Waals surface area contributed by atoms with Crippen molar-refractivity contribution in [2.24, 2.45) is 5.92 Å². The molecule has 3 aromatic heterocycles. The second-order valence-corrected chi connectivity index (χ2v) is 8.93. The molecule has 0 amide bonds. The van der Waals surface area contributed by atoms with Crippen LogP contribution >= 0.6 is 0 Å². The van der Waals surface area contributed by atoms with E-state index in [9.17, 15) is 9.59 Å². The molecule has 5 rings (SSSR count). The summed E-state index contributed by atoms with van der Waals surface area (Å²) in [4.78, 5) is 30.0. The summed E-state index contributed by atoms with van der Waals surface area (Å²) in [6, 6.07) is 21.6. The van der Waals surface area contributed by atoms with E-state index in [1.807, 2.05) is 72.9 Å². The Morgan fingerprint density at radius 1 is 0.941 bits per heavy atom. The fraction of sp³-hybridized carbons (Fsp3) is 0.222. The Labute approximate surface area is 196 Å². The van der Waals surface area contributed by atoms with Crippen molar-refractivity contribution in [1.82, 2.24) is 23.9 Å². The number of fused-ring (bicyclic) bond motifs is 1. The molecule has 1 N–H and O–H groups in total. The number of aromatic amines is 1. The molecule has 0 unspecified atom stereocenters. The van der Waals surface area contributed by atoms with Gasteiger partial charge in [0.25, 0.3) is 5.56 Å². The topological polar surface area (TPSA) is 77.6 Å². The average molecular weight is 454 g/mol. The lowest BCUT2D eigenvalue weighted by atomic mass is 10.1. The number of nitrogens with zero attached hydrogens (tertiary/aromatic N) is 4. The molecule has 0 bridgehead atoms. The van der Waals surface area contributed by atoms with Crippen LogP contribution in [0.1, 0.15) is 19.4 Å². The fourth-order valence-electron chi connectivity index (χ4n) is 4.25. The van der Waals surface area contributed by atoms with E-state index in [0.717, 1.165) is 22.5 Å². The Kier molecular flexibility index (Phi) is 5.76. The smallest absolute Gasteiger partial charge is 0.331 e. The van der Waals surface area contributed by atoms with Gasteiger partial charge in [-0.2, -0.15) is 5.10 Å². The third kappa shape index (κ3) is 4.12. The molecule has 34 heavy (non-hydrogen) atoms. The standard InChI is InChI=1S/C27H27N5O2/c1-19(2)17-31-24-15-23(21-16-28-32(18-21)22-11-7-4-8-12-22)29-25(24)26(33)30(27(31)34)14-13-20-9-5-3-6-10-20/h3-12,15-16,18-19,29H,13-14,17H2,1-2H3. The number of H-pyrrole nitrogens is 1. The van der Waals surface area contributed by atoms with Crippen LogP contribution in [0, 0.1) is 5.92 Å². The van der Waals surface area contributed by atoms with Crippen molar-refractivity contribution in [3.63, 3.8) is 0 Å². The highest BCUT2D eigenvalue weighted by Gasteiger charge is 2.18. The second kappa shape index (κ2) is 9.02. The Morgan fingerprint density at radius 2 is 1.65 bits per heavy atom. The summed E-state index contributed by atoms with van der Waals surface area (Å²) in [5, 5.41) is 4.47. The molecule has 172 valence electrons. The molecule has 0 fully saturated rings. The molecule has 0 aliphatic heterocycles. The van der Waals surface area contributed by atoms with Crippen LogP contribution in [0.15, 0.2) is 88.7 Å². The number of aryl methyl sites for hydroxylation is 1. The lowest BCUT2D eigenvalue weighted by Crippen LogP contribution is -2.41. The summed E-state index contributed by atoms with van der Waals surface area (Å²) >= 11 is 0. The zero-order valence-electron chi connectivity index (χ0n) is 19.3. The van der Waals surface area contributed by atoms with Crippen molar-refractivity contribution < 1.29 is 0 Å². The predicted molar refractivity (Wildman–Crippen MR) is 134 cm³/mol. The highest BCUT2D eigenvalue weighted by molar-refractivity contribution is 5.82. The minimum absolute atomic E-state index is 0.250. The first kappa shape index (κ1) is 21.7. The van der Waals surface area contributed by atoms with Crippen LogP contribution in [0.2, 0.25) is 0 Å². The maximum Gasteiger partial charge on any atom is 0.331 e. The molecule has 0 atom stereocenters. The SMILES string of the molecule is CC(C)Cn1c(=O)n(CCc2ccccc2)c(=O)c2[nH]c(-c3cnn(-c4ccccc4)c3)cc21. The van der Waals surface area contributed by atoms with Crippen LogP contribution < -0.4 is 11.2 Å². The summed E-state index contributed by atoms with van der Waals surface area (Å²) in [6.45, 7) is 4.99. The largest absolute Gasteiger partial charge is 0.349 e. The lowest BCUT2D eigenvalue weighted by molar-refractivity contribution is 0.489. The fourth-order valence-corrected chi connectivity index (χ4v) is 4.25. The van der Waals surface area contributed by atoms with Crippen molar-refractivity contribution >= 4 is 11.0 Å². The maximum absolute atomic E-state index is 13.4. The number of benzene rings is 2. The van der Waals surface area contributed by atoms with Crippen molar-refractivity contribution in [1.29, 1.82) is 0 Å². The second-order valence-electron chi connectivity index (χ2n) is 8.93. The summed E-state index contributed by atoms with van der Waals surface area (Å²) in [6.07, 6.45) is 4.29. The van der Waals surface area contributed by atoms with Gasteiger partial charge in [0.1, 0.15) is 5.52 Å². The Hall–Kier alpha value is -4.13. The van der Waals surface area contributed by atoms with Gasteiger partial charge in [0.15, 0.2) is 0 Å². The Balaban J connectivity index is 1.59. The van der Waals surface area contributed by atoms with Gasteiger partial charge in [-0.3, -0.25) is 13.9 Å². The van der Waals surface area contributed by atoms with Gasteiger partial charge < -0.3 is 4.98 Å². The van der Waals surface area contributed by atoms with Crippen LogP contribution in [0.3, 0.4) is 0 Å². The van der Waals surface area contributed by atoms with E-state index in [4.69, 9.17) is 0 Å². The first-order chi connectivity index (χ1) is 16.5. The third-order valence-corrected chi connectivity index (χ3v) is 5.94. The molecule has 0 aliphatic rings. The highest BCUT2D eigenvalue weighted by Crippen LogP contribution is 2.23. The molecule has 3 heterocycles. The minimum atomic E-state index is -0.294. The first-order valence-corrected chi connectivity index (χ1v) is 11.5. The molecular formula is C27H27N5O2. The molecule has 0 radical (unpaired) electrons. The number of hydrogen-bond acceptors (Lipinski definition) is 3. The van der Waals surface area contributed by atoms with Gasteiger partial charge >= 0.3 is 5.69 Å². The van der Waals surface area contributed by atoms with Gasteiger partial charge in [-0.05, 0) is 36.1 Å². The number of aromatic nitrogens is 5. The zero-order valence-corrected chi connectivity index (χ0v) is 19.3. The van der Waals surface area contributed by atoms with Crippen LogP contribution in [0.5, 0.6) is 0 Å². The molecule has 5 aromatic rings. The van der Waals surface area contributed by atoms with Gasteiger partial charge in [0, 0.05) is 24.8 Å². The predicted octanol–water partition coefficient (Wildman–Crippen LogP) is 4.24. The maximum atomic E-state index is 13.4. The van der Waals surface area contributed by atoms with Crippen LogP contribution in [0.25, 0.3) is 28.0 Å². The molecule has 0 saturated heterocycles. The minimum Gasteiger partial charge on any atom is -0.349 e. The van der Waals surface area contributed by atoms with Gasteiger partial charge in [-0.15, -0.1) is 0 Å². The number of para-hydroxylation sites is 1. The van der Waals surface area contributed by atoms with Crippen LogP contribution in [0.4, 0.5) is 0 Å². The van der Waals surface area contributed by atoms with Crippen LogP contribution in [-0.2, 0) is 19.5 Å².